The summed E-state index contributed by atoms with van der Waals surface area (Å²) in [6, 6.07) is 91.1. The van der Waals surface area contributed by atoms with E-state index in [1.54, 1.807) is 0 Å². The van der Waals surface area contributed by atoms with Crippen molar-refractivity contribution in [2.45, 2.75) is 0 Å². The SMILES string of the molecule is [Au+].[Au+].[C-]#Cc1ccc2cc3cc4ccccc4cc3cc2c1.[C-]#Cc1ccc2cc3cc4ccccc4cc3cc2c1.c1ccc([PH+](CC[PH+](c2ccccc2)c2ccccc2)c2ccccc2)cc1. The van der Waals surface area contributed by atoms with E-state index >= 15 is 0 Å². The Morgan fingerprint density at radius 1 is 0.243 bits per heavy atom. The van der Waals surface area contributed by atoms with Crippen molar-refractivity contribution in [1.82, 2.24) is 0 Å². The molecule has 0 unspecified atom stereocenters. The van der Waals surface area contributed by atoms with Gasteiger partial charge in [0.05, 0.1) is 37.1 Å². The molecule has 0 nitrogen and oxygen atoms in total. The molecule has 0 aliphatic carbocycles. The molecule has 0 radical (unpaired) electrons. The topological polar surface area (TPSA) is 0 Å². The third kappa shape index (κ3) is 11.8. The monoisotopic (exact) mass is 1300 g/mol. The Hall–Kier alpha value is -6.34. The summed E-state index contributed by atoms with van der Waals surface area (Å²) in [6.07, 6.45) is 17.0. The zero-order chi connectivity index (χ0) is 46.1. The zero-order valence-corrected chi connectivity index (χ0v) is 44.6. The Balaban J connectivity index is 0.000000142. The molecule has 0 saturated carbocycles. The normalized spacial score (nSPS) is 10.7. The molecule has 0 aliphatic heterocycles. The molecule has 0 spiro atoms. The minimum Gasteiger partial charge on any atom is -0.366 e. The first-order valence-corrected chi connectivity index (χ1v) is 26.5. The fourth-order valence-corrected chi connectivity index (χ4v) is 15.5. The summed E-state index contributed by atoms with van der Waals surface area (Å²) in [5, 5.41) is 20.8. The molecule has 12 aromatic rings. The van der Waals surface area contributed by atoms with Crippen molar-refractivity contribution in [2.24, 2.45) is 0 Å². The van der Waals surface area contributed by atoms with E-state index < -0.39 is 15.8 Å². The fraction of sp³-hybridized carbons (Fsp3) is 0.0303. The number of fused-ring (bicyclic) bond motifs is 6. The van der Waals surface area contributed by atoms with Gasteiger partial charge in [-0.3, -0.25) is 11.8 Å². The van der Waals surface area contributed by atoms with Gasteiger partial charge in [-0.05, 0) is 162 Å². The number of hydrogen-bond donors (Lipinski definition) is 0. The van der Waals surface area contributed by atoms with E-state index in [2.05, 4.69) is 242 Å². The van der Waals surface area contributed by atoms with E-state index in [9.17, 15) is 0 Å². The van der Waals surface area contributed by atoms with Crippen molar-refractivity contribution in [3.8, 4) is 11.8 Å². The quantitative estimate of drug-likeness (QED) is 0.0490. The van der Waals surface area contributed by atoms with Crippen molar-refractivity contribution in [1.29, 1.82) is 0 Å². The van der Waals surface area contributed by atoms with Crippen LogP contribution >= 0.6 is 15.8 Å². The molecule has 0 saturated heterocycles. The van der Waals surface area contributed by atoms with E-state index in [4.69, 9.17) is 12.8 Å². The van der Waals surface area contributed by atoms with Crippen LogP contribution in [0.2, 0.25) is 0 Å². The van der Waals surface area contributed by atoms with Crippen LogP contribution in [0.5, 0.6) is 0 Å². The molecule has 12 rings (SSSR count). The molecule has 0 atom stereocenters. The third-order valence-electron chi connectivity index (χ3n) is 12.7. The summed E-state index contributed by atoms with van der Waals surface area (Å²) in [5.41, 5.74) is 1.63. The Morgan fingerprint density at radius 3 is 0.714 bits per heavy atom. The van der Waals surface area contributed by atoms with E-state index in [1.165, 1.54) is 87.4 Å². The van der Waals surface area contributed by atoms with Gasteiger partial charge < -0.3 is 12.8 Å². The van der Waals surface area contributed by atoms with Gasteiger partial charge in [-0.25, -0.2) is 0 Å². The second-order valence-corrected chi connectivity index (χ2v) is 22.3. The Morgan fingerprint density at radius 2 is 0.457 bits per heavy atom. The van der Waals surface area contributed by atoms with Crippen molar-refractivity contribution in [2.75, 3.05) is 12.3 Å². The summed E-state index contributed by atoms with van der Waals surface area (Å²) < 4.78 is 0. The molecule has 4 heteroatoms. The number of hydrogen-bond acceptors (Lipinski definition) is 0. The van der Waals surface area contributed by atoms with Crippen LogP contribution < -0.4 is 21.2 Å². The fourth-order valence-electron chi connectivity index (χ4n) is 9.26. The molecule has 0 aromatic heterocycles. The van der Waals surface area contributed by atoms with Crippen LogP contribution in [0.4, 0.5) is 0 Å². The van der Waals surface area contributed by atoms with Gasteiger partial charge >= 0.3 is 44.8 Å². The molecule has 0 heterocycles. The van der Waals surface area contributed by atoms with Crippen LogP contribution in [0.25, 0.3) is 64.6 Å². The maximum absolute atomic E-state index is 7.24. The average Bonchev–Trinajstić information content (AvgIpc) is 3.40. The molecule has 0 aliphatic rings. The largest absolute Gasteiger partial charge is 1.00 e. The van der Waals surface area contributed by atoms with E-state index in [-0.39, 0.29) is 44.8 Å². The summed E-state index contributed by atoms with van der Waals surface area (Å²) in [6.45, 7) is 0. The predicted octanol–water partition coefficient (Wildman–Crippen LogP) is 14.9. The Labute approximate surface area is 445 Å². The molecule has 0 fully saturated rings. The Bertz CT molecular complexity index is 3440. The third-order valence-corrected chi connectivity index (χ3v) is 18.8. The molecular weight excluding hydrogens is 1250 g/mol. The smallest absolute Gasteiger partial charge is 0.366 e. The molecule has 70 heavy (non-hydrogen) atoms. The van der Waals surface area contributed by atoms with Gasteiger partial charge in [0, 0.05) is 0 Å². The molecule has 0 bridgehead atoms. The predicted molar refractivity (Wildman–Crippen MR) is 301 cm³/mol. The van der Waals surface area contributed by atoms with Crippen LogP contribution in [0.1, 0.15) is 11.1 Å². The van der Waals surface area contributed by atoms with Crippen molar-refractivity contribution in [3.63, 3.8) is 0 Å². The first kappa shape index (κ1) is 50.1. The first-order valence-electron chi connectivity index (χ1n) is 23.1. The molecule has 0 amide bonds. The molecule has 342 valence electrons. The first-order chi connectivity index (χ1) is 33.6. The van der Waals surface area contributed by atoms with Gasteiger partial charge in [0.25, 0.3) is 0 Å². The van der Waals surface area contributed by atoms with Gasteiger partial charge in [0.2, 0.25) is 0 Å². The maximum atomic E-state index is 7.24. The van der Waals surface area contributed by atoms with Gasteiger partial charge in [-0.1, -0.05) is 133 Å². The van der Waals surface area contributed by atoms with Crippen molar-refractivity contribution in [3.05, 3.63) is 279 Å². The van der Waals surface area contributed by atoms with Crippen molar-refractivity contribution >= 4 is 102 Å². The standard InChI is InChI=1S/C26H24P2.2C20H11.2Au/c1-5-13-23(14-6-1)27(24-15-7-2-8-16-24)21-22-28(25-17-9-3-10-18-25)26-19-11-4-12-20-26;2*1-2-14-7-8-17-12-19-10-15-5-3-4-6-16(15)11-20(19)13-18(17)9-14;;/h1-20H,21-22H2;2*3-13H;;/q;2*-1;2*+1/p+2. The maximum Gasteiger partial charge on any atom is 1.00 e. The van der Waals surface area contributed by atoms with E-state index in [0.29, 0.717) is 0 Å². The van der Waals surface area contributed by atoms with E-state index in [0.717, 1.165) is 21.9 Å². The minimum atomic E-state index is -0.783. The second-order valence-electron chi connectivity index (χ2n) is 17.1. The van der Waals surface area contributed by atoms with Crippen LogP contribution in [-0.4, -0.2) is 12.3 Å². The summed E-state index contributed by atoms with van der Waals surface area (Å²) in [5.74, 6) is 4.89. The van der Waals surface area contributed by atoms with Crippen LogP contribution in [-0.2, 0) is 44.8 Å². The average molecular weight is 1300 g/mol. The van der Waals surface area contributed by atoms with Gasteiger partial charge in [-0.2, -0.15) is 0 Å². The molecular formula is C66H48Au2P2+2. The Kier molecular flexibility index (Phi) is 17.2. The van der Waals surface area contributed by atoms with Crippen LogP contribution in [0, 0.1) is 24.7 Å². The zero-order valence-electron chi connectivity index (χ0n) is 38.3. The van der Waals surface area contributed by atoms with Gasteiger partial charge in [0.15, 0.2) is 0 Å². The van der Waals surface area contributed by atoms with Crippen LogP contribution in [0.3, 0.4) is 0 Å². The van der Waals surface area contributed by atoms with Gasteiger partial charge in [-0.15, -0.1) is 35.4 Å². The van der Waals surface area contributed by atoms with Gasteiger partial charge in [0.1, 0.15) is 12.3 Å². The summed E-state index contributed by atoms with van der Waals surface area (Å²) in [4.78, 5) is 0. The number of benzene rings is 12. The summed E-state index contributed by atoms with van der Waals surface area (Å²) >= 11 is 0. The second kappa shape index (κ2) is 24.0. The van der Waals surface area contributed by atoms with Crippen molar-refractivity contribution < 1.29 is 44.8 Å². The van der Waals surface area contributed by atoms with Crippen LogP contribution in [0.15, 0.2) is 255 Å². The number of rotatable bonds is 7. The summed E-state index contributed by atoms with van der Waals surface area (Å²) in [7, 11) is -1.57. The molecule has 0 N–H and O–H groups in total. The molecule has 12 aromatic carbocycles. The minimum absolute atomic E-state index is 0. The van der Waals surface area contributed by atoms with E-state index in [1.807, 2.05) is 24.3 Å².